The number of nitrogens with zero attached hydrogens (tertiary/aromatic N) is 2. The molecule has 0 spiro atoms. The summed E-state index contributed by atoms with van der Waals surface area (Å²) in [6.45, 7) is 2.07. The van der Waals surface area contributed by atoms with E-state index in [1.54, 1.807) is 6.07 Å². The Morgan fingerprint density at radius 1 is 1.38 bits per heavy atom. The number of nitrogens with one attached hydrogen (secondary N) is 1. The Balaban J connectivity index is 2.13. The number of hydrogen-bond acceptors (Lipinski definition) is 4. The summed E-state index contributed by atoms with van der Waals surface area (Å²) < 4.78 is 0. The van der Waals surface area contributed by atoms with Crippen molar-refractivity contribution in [3.8, 4) is 0 Å². The predicted octanol–water partition coefficient (Wildman–Crippen LogP) is 2.88. The molecule has 7 heteroatoms. The molecule has 0 bridgehead atoms. The number of nitro benzene ring substituents is 1. The third-order valence-corrected chi connectivity index (χ3v) is 3.11. The highest BCUT2D eigenvalue weighted by Gasteiger charge is 2.15. The Morgan fingerprint density at radius 2 is 2.14 bits per heavy atom. The van der Waals surface area contributed by atoms with Crippen molar-refractivity contribution in [1.82, 2.24) is 10.3 Å². The molecule has 2 rings (SSSR count). The molecular formula is C14H12ClN3O3. The molecule has 1 aromatic carbocycles. The summed E-state index contributed by atoms with van der Waals surface area (Å²) in [5.74, 6) is -0.480. The Hall–Kier alpha value is -2.47. The molecule has 1 aromatic heterocycles. The summed E-state index contributed by atoms with van der Waals surface area (Å²) in [7, 11) is 0. The lowest BCUT2D eigenvalue weighted by Gasteiger charge is -2.07. The van der Waals surface area contributed by atoms with E-state index < -0.39 is 10.8 Å². The minimum Gasteiger partial charge on any atom is -0.346 e. The summed E-state index contributed by atoms with van der Waals surface area (Å²) >= 11 is 5.90. The minimum absolute atomic E-state index is 0.0681. The first-order valence-corrected chi connectivity index (χ1v) is 6.50. The van der Waals surface area contributed by atoms with Gasteiger partial charge in [0.2, 0.25) is 0 Å². The van der Waals surface area contributed by atoms with Crippen LogP contribution in [-0.4, -0.2) is 15.8 Å². The van der Waals surface area contributed by atoms with Crippen LogP contribution in [0.4, 0.5) is 5.69 Å². The third-order valence-electron chi connectivity index (χ3n) is 2.78. The fraction of sp³-hybridized carbons (Fsp3) is 0.143. The van der Waals surface area contributed by atoms with Gasteiger partial charge in [0.1, 0.15) is 0 Å². The lowest BCUT2D eigenvalue weighted by molar-refractivity contribution is -0.384. The summed E-state index contributed by atoms with van der Waals surface area (Å²) in [5.41, 5.74) is 1.43. The van der Waals surface area contributed by atoms with Crippen LogP contribution in [0.15, 0.2) is 36.4 Å². The number of benzene rings is 1. The smallest absolute Gasteiger partial charge is 0.270 e. The number of halogens is 1. The molecule has 21 heavy (non-hydrogen) atoms. The van der Waals surface area contributed by atoms with Gasteiger partial charge in [-0.1, -0.05) is 17.7 Å². The van der Waals surface area contributed by atoms with E-state index in [4.69, 9.17) is 11.6 Å². The number of carbonyl (C=O) groups excluding carboxylic acids is 1. The van der Waals surface area contributed by atoms with Crippen LogP contribution in [0.1, 0.15) is 21.7 Å². The Bertz CT molecular complexity index is 704. The molecule has 0 unspecified atom stereocenters. The largest absolute Gasteiger partial charge is 0.346 e. The first-order valence-electron chi connectivity index (χ1n) is 6.12. The van der Waals surface area contributed by atoms with E-state index in [1.165, 1.54) is 12.1 Å². The second kappa shape index (κ2) is 6.32. The Labute approximate surface area is 125 Å². The van der Waals surface area contributed by atoms with Crippen LogP contribution >= 0.6 is 11.6 Å². The molecule has 0 saturated carbocycles. The minimum atomic E-state index is -0.574. The number of hydrogen-bond donors (Lipinski definition) is 1. The molecule has 0 radical (unpaired) electrons. The van der Waals surface area contributed by atoms with Crippen LogP contribution in [-0.2, 0) is 6.54 Å². The number of aryl methyl sites for hydroxylation is 1. The van der Waals surface area contributed by atoms with Crippen molar-refractivity contribution in [2.75, 3.05) is 0 Å². The molecular weight excluding hydrogens is 294 g/mol. The van der Waals surface area contributed by atoms with Gasteiger partial charge in [-0.25, -0.2) is 0 Å². The van der Waals surface area contributed by atoms with Gasteiger partial charge < -0.3 is 5.32 Å². The van der Waals surface area contributed by atoms with Gasteiger partial charge in [0.25, 0.3) is 11.6 Å². The van der Waals surface area contributed by atoms with Crippen LogP contribution in [0.2, 0.25) is 5.02 Å². The number of rotatable bonds is 4. The second-order valence-corrected chi connectivity index (χ2v) is 4.78. The third kappa shape index (κ3) is 3.76. The molecule has 2 aromatic rings. The highest BCUT2D eigenvalue weighted by atomic mass is 35.5. The number of carbonyl (C=O) groups is 1. The average molecular weight is 306 g/mol. The lowest BCUT2D eigenvalue weighted by atomic mass is 10.2. The zero-order valence-electron chi connectivity index (χ0n) is 11.2. The van der Waals surface area contributed by atoms with Gasteiger partial charge in [0.05, 0.1) is 27.7 Å². The molecule has 0 aliphatic heterocycles. The lowest BCUT2D eigenvalue weighted by Crippen LogP contribution is -2.23. The molecule has 6 nitrogen and oxygen atoms in total. The second-order valence-electron chi connectivity index (χ2n) is 4.37. The highest BCUT2D eigenvalue weighted by molar-refractivity contribution is 6.33. The topological polar surface area (TPSA) is 85.1 Å². The van der Waals surface area contributed by atoms with E-state index in [0.717, 1.165) is 11.8 Å². The van der Waals surface area contributed by atoms with Gasteiger partial charge in [-0.05, 0) is 25.1 Å². The molecule has 0 fully saturated rings. The zero-order valence-corrected chi connectivity index (χ0v) is 11.9. The van der Waals surface area contributed by atoms with Crippen molar-refractivity contribution in [2.45, 2.75) is 13.5 Å². The molecule has 1 amide bonds. The van der Waals surface area contributed by atoms with E-state index in [1.807, 2.05) is 19.1 Å². The average Bonchev–Trinajstić information content (AvgIpc) is 2.45. The number of non-ortho nitro benzene ring substituents is 1. The maximum absolute atomic E-state index is 12.1. The van der Waals surface area contributed by atoms with Crippen molar-refractivity contribution < 1.29 is 9.72 Å². The number of nitro groups is 1. The molecule has 0 aliphatic carbocycles. The fourth-order valence-corrected chi connectivity index (χ4v) is 1.97. The summed E-state index contributed by atoms with van der Waals surface area (Å²) in [5, 5.41) is 13.5. The summed E-state index contributed by atoms with van der Waals surface area (Å²) in [4.78, 5) is 26.5. The molecule has 0 saturated heterocycles. The maximum Gasteiger partial charge on any atom is 0.270 e. The Kier molecular flexibility index (Phi) is 4.49. The predicted molar refractivity (Wildman–Crippen MR) is 78.3 cm³/mol. The van der Waals surface area contributed by atoms with Crippen molar-refractivity contribution in [2.24, 2.45) is 0 Å². The standard InChI is InChI=1S/C14H12ClN3O3/c1-9-3-2-4-10(17-9)8-16-14(19)12-7-11(18(20)21)5-6-13(12)15/h2-7H,8H2,1H3,(H,16,19). The van der Waals surface area contributed by atoms with Crippen molar-refractivity contribution >= 4 is 23.2 Å². The van der Waals surface area contributed by atoms with Crippen LogP contribution in [0.3, 0.4) is 0 Å². The number of amides is 1. The van der Waals surface area contributed by atoms with E-state index in [0.29, 0.717) is 5.69 Å². The molecule has 0 aliphatic rings. The molecule has 1 N–H and O–H groups in total. The van der Waals surface area contributed by atoms with Crippen LogP contribution < -0.4 is 5.32 Å². The van der Waals surface area contributed by atoms with E-state index >= 15 is 0 Å². The Morgan fingerprint density at radius 3 is 2.81 bits per heavy atom. The molecule has 1 heterocycles. The van der Waals surface area contributed by atoms with Crippen molar-refractivity contribution in [3.63, 3.8) is 0 Å². The fourth-order valence-electron chi connectivity index (χ4n) is 1.76. The van der Waals surface area contributed by atoms with Gasteiger partial charge in [-0.15, -0.1) is 0 Å². The monoisotopic (exact) mass is 305 g/mol. The van der Waals surface area contributed by atoms with E-state index in [9.17, 15) is 14.9 Å². The first-order chi connectivity index (χ1) is 9.97. The number of pyridine rings is 1. The van der Waals surface area contributed by atoms with E-state index in [-0.39, 0.29) is 22.8 Å². The van der Waals surface area contributed by atoms with E-state index in [2.05, 4.69) is 10.3 Å². The molecule has 0 atom stereocenters. The van der Waals surface area contributed by atoms with Crippen molar-refractivity contribution in [1.29, 1.82) is 0 Å². The van der Waals surface area contributed by atoms with Crippen molar-refractivity contribution in [3.05, 3.63) is 68.5 Å². The zero-order chi connectivity index (χ0) is 15.4. The van der Waals surface area contributed by atoms with Gasteiger partial charge in [-0.3, -0.25) is 19.9 Å². The summed E-state index contributed by atoms with van der Waals surface area (Å²) in [6.07, 6.45) is 0. The first kappa shape index (κ1) is 14.9. The van der Waals surface area contributed by atoms with Crippen LogP contribution in [0.5, 0.6) is 0 Å². The maximum atomic E-state index is 12.1. The van der Waals surface area contributed by atoms with Gasteiger partial charge in [-0.2, -0.15) is 0 Å². The van der Waals surface area contributed by atoms with Gasteiger partial charge in [0, 0.05) is 17.8 Å². The van der Waals surface area contributed by atoms with Crippen LogP contribution in [0, 0.1) is 17.0 Å². The quantitative estimate of drug-likeness (QED) is 0.695. The highest BCUT2D eigenvalue weighted by Crippen LogP contribution is 2.21. The van der Waals surface area contributed by atoms with Gasteiger partial charge in [0.15, 0.2) is 0 Å². The number of aromatic nitrogens is 1. The van der Waals surface area contributed by atoms with Crippen LogP contribution in [0.25, 0.3) is 0 Å². The summed E-state index contributed by atoms with van der Waals surface area (Å²) in [6, 6.07) is 9.21. The molecule has 108 valence electrons. The normalized spacial score (nSPS) is 10.2. The van der Waals surface area contributed by atoms with Gasteiger partial charge >= 0.3 is 0 Å². The SMILES string of the molecule is Cc1cccc(CNC(=O)c2cc([N+](=O)[O-])ccc2Cl)n1.